The minimum Gasteiger partial charge on any atom is -0.335 e. The molecule has 77 heavy (non-hydrogen) atoms. The molecule has 2 aromatic carbocycles. The van der Waals surface area contributed by atoms with E-state index >= 15 is 0 Å². The number of fused-ring (bicyclic) bond motifs is 3. The van der Waals surface area contributed by atoms with Crippen LogP contribution in [-0.4, -0.2) is 4.57 Å². The highest BCUT2D eigenvalue weighted by molar-refractivity contribution is 6.09. The average molecular weight is 1090 g/mol. The molecule has 1 fully saturated rings. The molecule has 0 bridgehead atoms. The van der Waals surface area contributed by atoms with Gasteiger partial charge in [-0.3, -0.25) is 0 Å². The summed E-state index contributed by atoms with van der Waals surface area (Å²) in [4.78, 5) is 0. The molecule has 3 aromatic rings. The second-order valence-corrected chi connectivity index (χ2v) is 33.4. The van der Waals surface area contributed by atoms with Gasteiger partial charge in [0, 0.05) is 49.2 Å². The summed E-state index contributed by atoms with van der Waals surface area (Å²) >= 11 is 0. The molecule has 1 saturated carbocycles. The Morgan fingerprint density at radius 1 is 0.545 bits per heavy atom. The van der Waals surface area contributed by atoms with Crippen molar-refractivity contribution in [1.29, 1.82) is 5.26 Å². The van der Waals surface area contributed by atoms with Crippen LogP contribution in [0.2, 0.25) is 0 Å². The van der Waals surface area contributed by atoms with Gasteiger partial charge in [0.2, 0.25) is 0 Å². The van der Waals surface area contributed by atoms with Gasteiger partial charge in [0.15, 0.2) is 0 Å². The van der Waals surface area contributed by atoms with Crippen molar-refractivity contribution in [3.63, 3.8) is 0 Å². The van der Waals surface area contributed by atoms with Gasteiger partial charge in [-0.15, -0.1) is 0 Å². The molecule has 1 aliphatic carbocycles. The Kier molecular flexibility index (Phi) is 25.0. The van der Waals surface area contributed by atoms with E-state index in [0.717, 1.165) is 12.8 Å². The summed E-state index contributed by atoms with van der Waals surface area (Å²) in [6, 6.07) is 16.2. The van der Waals surface area contributed by atoms with E-state index in [1.54, 1.807) is 27.7 Å². The second-order valence-electron chi connectivity index (χ2n) is 33.4. The van der Waals surface area contributed by atoms with Crippen molar-refractivity contribution in [2.24, 2.45) is 61.0 Å². The summed E-state index contributed by atoms with van der Waals surface area (Å²) < 4.78 is 93.5. The van der Waals surface area contributed by atoms with Crippen LogP contribution in [0.3, 0.4) is 0 Å². The number of hydrogen-bond acceptors (Lipinski definition) is 1. The van der Waals surface area contributed by atoms with Crippen LogP contribution in [0, 0.1) is 72.4 Å². The third-order valence-corrected chi connectivity index (χ3v) is 12.0. The number of aromatic nitrogens is 1. The normalized spacial score (nSPS) is 17.9. The third-order valence-electron chi connectivity index (χ3n) is 12.0. The first-order chi connectivity index (χ1) is 38.0. The summed E-state index contributed by atoms with van der Waals surface area (Å²) in [5.74, 6) is -0.340. The lowest BCUT2D eigenvalue weighted by molar-refractivity contribution is 0.233. The largest absolute Gasteiger partial charge is 0.335 e. The Labute approximate surface area is 504 Å². The van der Waals surface area contributed by atoms with Crippen LogP contribution in [0.5, 0.6) is 0 Å². The van der Waals surface area contributed by atoms with Crippen LogP contribution in [0.4, 0.5) is 0 Å². The number of nitrogens with zero attached hydrogens (tertiary/aromatic N) is 2. The molecule has 0 radical (unpaired) electrons. The second kappa shape index (κ2) is 32.4. The zero-order chi connectivity index (χ0) is 73.4. The Balaban J connectivity index is -0.000000490. The van der Waals surface area contributed by atoms with Crippen molar-refractivity contribution in [2.45, 2.75) is 344 Å². The van der Waals surface area contributed by atoms with Gasteiger partial charge < -0.3 is 4.57 Å². The summed E-state index contributed by atoms with van der Waals surface area (Å²) in [5.41, 5.74) is 4.25. The Bertz CT molecular complexity index is 2390. The zero-order valence-corrected chi connectivity index (χ0v) is 59.3. The molecule has 454 valence electrons. The highest BCUT2D eigenvalue weighted by Crippen LogP contribution is 2.40. The molecule has 0 atom stereocenters. The first-order valence-electron chi connectivity index (χ1n) is 35.5. The van der Waals surface area contributed by atoms with Crippen molar-refractivity contribution in [3.05, 3.63) is 47.5 Å². The number of benzene rings is 2. The fourth-order valence-electron chi connectivity index (χ4n) is 7.60. The number of rotatable bonds is 2. The average Bonchev–Trinajstić information content (AvgIpc) is 3.86. The monoisotopic (exact) mass is 1090 g/mol. The lowest BCUT2D eigenvalue weighted by Gasteiger charge is -2.28. The molecular formula is C75H144N2. The summed E-state index contributed by atoms with van der Waals surface area (Å²) in [6.07, 6.45) is -2.08. The highest BCUT2D eigenvalue weighted by Gasteiger charge is 2.27. The first-order valence-corrected chi connectivity index (χ1v) is 29.5. The quantitative estimate of drug-likeness (QED) is 0.251. The van der Waals surface area contributed by atoms with E-state index < -0.39 is 37.3 Å². The standard InChI is InChI=1S/C24H33N.C9H18.C9H20.C8H18.2C7H16.C6H14.C5H9N/c1-22(2,3)16-10-12-20-18(14-16)19-15-17(23(4,5)6)11-13-21(19)25(20)24(7,8)9;1-9(2,3)8-6-4-5-7-8;1-8(2,3)7-9(4,5)6;1-7(2)6-8(3,4)5;1-6(2)7(3,4)5;1-5-6-7(2,3)4;1-5-6(2,3)4;1-5(2,3)4-6/h10-15H,1-9H3;8H,4-7H2,1-3H3;7H2,1-6H3;7H,6H2,1-5H3;6H,1-5H3;5-6H2,1-4H3;5H2,1-4H3;1-3H3/i;8D;7D2;6D2;6D;5D2,6D2;5D2;. The van der Waals surface area contributed by atoms with E-state index in [2.05, 4.69) is 151 Å². The lowest BCUT2D eigenvalue weighted by Crippen LogP contribution is -2.21. The number of nitriles is 1. The van der Waals surface area contributed by atoms with Gasteiger partial charge in [-0.25, -0.2) is 0 Å². The van der Waals surface area contributed by atoms with Gasteiger partial charge in [0.1, 0.15) is 0 Å². The van der Waals surface area contributed by atoms with E-state index in [4.69, 9.17) is 21.7 Å². The van der Waals surface area contributed by atoms with Crippen LogP contribution in [0.15, 0.2) is 36.4 Å². The summed E-state index contributed by atoms with van der Waals surface area (Å²) in [7, 11) is 0. The van der Waals surface area contributed by atoms with E-state index in [-0.39, 0.29) is 72.0 Å². The maximum absolute atomic E-state index is 8.15. The SMILES string of the molecule is CC(C)(C)C#N.CC(C)(C)c1ccc2c(c1)c1cc(C(C)(C)C)ccc1n2C(C)(C)C.[2H]C(C)(C)C(C)(C)C.[2H]C([2H])(C(C)(C)C)C(C)(C)C.[2H]C([2H])(C(C)C)C(C)(C)C.[2H]C([2H])(C)C(C)(C)C.[2H]C([2H])(C)C([2H])([2H])C(C)(C)C.[2H]C1(C(C)(C)C)CCCC1. The smallest absolute Gasteiger partial charge is 0.0680 e. The molecule has 1 heterocycles. The molecule has 0 aliphatic heterocycles. The maximum Gasteiger partial charge on any atom is 0.0680 e. The predicted molar refractivity (Wildman–Crippen MR) is 359 cm³/mol. The molecule has 2 nitrogen and oxygen atoms in total. The third kappa shape index (κ3) is 43.2. The lowest BCUT2D eigenvalue weighted by atomic mass is 9.78. The first kappa shape index (κ1) is 59.4. The fourth-order valence-corrected chi connectivity index (χ4v) is 7.60. The van der Waals surface area contributed by atoms with Crippen LogP contribution in [-0.2, 0) is 16.4 Å². The minimum absolute atomic E-state index is 0.0481. The molecule has 0 N–H and O–H groups in total. The Morgan fingerprint density at radius 2 is 0.857 bits per heavy atom. The molecule has 2 heteroatoms. The highest BCUT2D eigenvalue weighted by atomic mass is 15.0. The van der Waals surface area contributed by atoms with E-state index in [0.29, 0.717) is 0 Å². The molecule has 1 aliphatic rings. The predicted octanol–water partition coefficient (Wildman–Crippen LogP) is 26.4. The maximum atomic E-state index is 8.15. The summed E-state index contributed by atoms with van der Waals surface area (Å²) in [6.45, 7) is 77.9. The van der Waals surface area contributed by atoms with Crippen molar-refractivity contribution >= 4 is 21.8 Å². The van der Waals surface area contributed by atoms with Crippen LogP contribution in [0.1, 0.15) is 355 Å². The van der Waals surface area contributed by atoms with Crippen molar-refractivity contribution in [1.82, 2.24) is 4.57 Å². The van der Waals surface area contributed by atoms with E-state index in [9.17, 15) is 0 Å². The van der Waals surface area contributed by atoms with Crippen molar-refractivity contribution in [2.75, 3.05) is 0 Å². The van der Waals surface area contributed by atoms with Gasteiger partial charge in [0.05, 0.1) is 6.07 Å². The fraction of sp³-hybridized carbons (Fsp3) is 0.827. The summed E-state index contributed by atoms with van der Waals surface area (Å²) in [5, 5.41) is 10.9. The van der Waals surface area contributed by atoms with Gasteiger partial charge in [-0.2, -0.15) is 5.26 Å². The van der Waals surface area contributed by atoms with Gasteiger partial charge >= 0.3 is 0 Å². The molecule has 0 spiro atoms. The number of hydrogen-bond donors (Lipinski definition) is 0. The van der Waals surface area contributed by atoms with Crippen LogP contribution in [0.25, 0.3) is 21.8 Å². The topological polar surface area (TPSA) is 28.7 Å². The van der Waals surface area contributed by atoms with Crippen LogP contribution < -0.4 is 0 Å². The molecule has 1 aromatic heterocycles. The van der Waals surface area contributed by atoms with Crippen molar-refractivity contribution < 1.29 is 16.4 Å². The minimum atomic E-state index is -1.79. The Hall–Kier alpha value is -2.27. The van der Waals surface area contributed by atoms with Crippen molar-refractivity contribution in [3.8, 4) is 6.07 Å². The Morgan fingerprint density at radius 3 is 0.974 bits per heavy atom. The molecular weight excluding hydrogens is 929 g/mol. The van der Waals surface area contributed by atoms with E-state index in [1.807, 2.05) is 132 Å². The molecule has 0 amide bonds. The van der Waals surface area contributed by atoms with Gasteiger partial charge in [-0.1, -0.05) is 266 Å². The molecule has 0 saturated heterocycles. The van der Waals surface area contributed by atoms with Gasteiger partial charge in [0.25, 0.3) is 0 Å². The molecule has 0 unspecified atom stereocenters. The van der Waals surface area contributed by atoms with Crippen LogP contribution >= 0.6 is 0 Å². The van der Waals surface area contributed by atoms with Gasteiger partial charge in [-0.05, 0) is 175 Å². The zero-order valence-electron chi connectivity index (χ0n) is 71.3. The van der Waals surface area contributed by atoms with E-state index in [1.165, 1.54) is 52.7 Å². The molecule has 4 rings (SSSR count).